The first-order chi connectivity index (χ1) is 15.4. The molecular weight excluding hydrogens is 437 g/mol. The number of amides is 1. The summed E-state index contributed by atoms with van der Waals surface area (Å²) in [4.78, 5) is 66.3. The molecule has 0 bridgehead atoms. The van der Waals surface area contributed by atoms with Crippen LogP contribution in [0.15, 0.2) is 6.07 Å². The van der Waals surface area contributed by atoms with Crippen LogP contribution in [0.4, 0.5) is 4.39 Å². The predicted molar refractivity (Wildman–Crippen MR) is 109 cm³/mol. The number of ketones is 4. The van der Waals surface area contributed by atoms with Crippen LogP contribution in [-0.4, -0.2) is 69.9 Å². The van der Waals surface area contributed by atoms with Gasteiger partial charge in [-0.2, -0.15) is 0 Å². The third-order valence-electron chi connectivity index (χ3n) is 7.33. The number of rotatable bonds is 3. The Labute approximate surface area is 187 Å². The average Bonchev–Trinajstić information content (AvgIpc) is 2.72. The van der Waals surface area contributed by atoms with Gasteiger partial charge in [0.1, 0.15) is 0 Å². The van der Waals surface area contributed by atoms with Crippen molar-refractivity contribution in [3.05, 3.63) is 28.6 Å². The molecule has 0 aliphatic heterocycles. The molecule has 2 fully saturated rings. The number of carbonyl (C=O) groups is 5. The smallest absolute Gasteiger partial charge is 0.235 e. The second-order valence-corrected chi connectivity index (χ2v) is 9.21. The van der Waals surface area contributed by atoms with E-state index >= 15 is 0 Å². The van der Waals surface area contributed by atoms with Gasteiger partial charge in [0.25, 0.3) is 0 Å². The van der Waals surface area contributed by atoms with Crippen molar-refractivity contribution in [2.45, 2.75) is 31.0 Å². The molecule has 0 spiro atoms. The quantitative estimate of drug-likeness (QED) is 0.388. The van der Waals surface area contributed by atoms with Crippen LogP contribution in [0.1, 0.15) is 27.9 Å². The molecule has 10 nitrogen and oxygen atoms in total. The van der Waals surface area contributed by atoms with E-state index in [-0.39, 0.29) is 24.9 Å². The van der Waals surface area contributed by atoms with Crippen LogP contribution < -0.4 is 11.5 Å². The number of nitrogens with two attached hydrogens (primary N) is 2. The summed E-state index contributed by atoms with van der Waals surface area (Å²) in [6, 6.07) is -0.154. The number of fused-ring (bicyclic) bond motifs is 3. The van der Waals surface area contributed by atoms with Crippen LogP contribution in [-0.2, 0) is 32.1 Å². The van der Waals surface area contributed by atoms with Crippen molar-refractivity contribution in [1.29, 1.82) is 0 Å². The highest BCUT2D eigenvalue weighted by atomic mass is 19.1. The SMILES string of the molecule is CN(C)C1C(=O)C(C(N)=O)C(=O)C2(O)C(=O)C3C(=O)c4c(O)c(F)cc(CN)c4CC3CC12. The number of likely N-dealkylation sites (N-methyl/N-ethyl adjacent to an activating group) is 1. The van der Waals surface area contributed by atoms with Crippen molar-refractivity contribution in [2.24, 2.45) is 35.1 Å². The van der Waals surface area contributed by atoms with Crippen molar-refractivity contribution in [2.75, 3.05) is 14.1 Å². The zero-order valence-corrected chi connectivity index (χ0v) is 18.0. The van der Waals surface area contributed by atoms with Gasteiger partial charge in [-0.15, -0.1) is 0 Å². The first-order valence-corrected chi connectivity index (χ1v) is 10.5. The number of nitrogens with zero attached hydrogens (tertiary/aromatic N) is 1. The van der Waals surface area contributed by atoms with Crippen LogP contribution in [0.3, 0.4) is 0 Å². The van der Waals surface area contributed by atoms with Crippen LogP contribution in [0.5, 0.6) is 5.75 Å². The third kappa shape index (κ3) is 2.92. The normalized spacial score (nSPS) is 33.6. The maximum absolute atomic E-state index is 14.2. The molecule has 6 atom stereocenters. The van der Waals surface area contributed by atoms with Crippen molar-refractivity contribution < 1.29 is 38.6 Å². The number of aromatic hydroxyl groups is 1. The molecule has 6 unspecified atom stereocenters. The Kier molecular flexibility index (Phi) is 5.26. The molecule has 11 heteroatoms. The number of hydrogen-bond donors (Lipinski definition) is 4. The topological polar surface area (TPSA) is 181 Å². The van der Waals surface area contributed by atoms with Crippen molar-refractivity contribution in [3.8, 4) is 5.75 Å². The van der Waals surface area contributed by atoms with Gasteiger partial charge >= 0.3 is 0 Å². The molecule has 0 saturated heterocycles. The molecule has 3 aliphatic rings. The second-order valence-electron chi connectivity index (χ2n) is 9.21. The van der Waals surface area contributed by atoms with Crippen molar-refractivity contribution >= 4 is 29.0 Å². The molecule has 0 aromatic heterocycles. The lowest BCUT2D eigenvalue weighted by atomic mass is 9.52. The van der Waals surface area contributed by atoms with Gasteiger partial charge in [-0.05, 0) is 50.0 Å². The molecule has 3 aliphatic carbocycles. The second kappa shape index (κ2) is 7.51. The summed E-state index contributed by atoms with van der Waals surface area (Å²) in [5.74, 6) is -13.1. The summed E-state index contributed by atoms with van der Waals surface area (Å²) in [6.45, 7) is -0.122. The number of phenols is 1. The summed E-state index contributed by atoms with van der Waals surface area (Å²) in [5.41, 5.74) is 8.32. The van der Waals surface area contributed by atoms with E-state index in [9.17, 15) is 38.6 Å². The van der Waals surface area contributed by atoms with Crippen LogP contribution in [0, 0.1) is 29.5 Å². The fraction of sp³-hybridized carbons (Fsp3) is 0.500. The average molecular weight is 461 g/mol. The molecule has 1 amide bonds. The Morgan fingerprint density at radius 3 is 2.42 bits per heavy atom. The number of aliphatic hydroxyl groups is 1. The van der Waals surface area contributed by atoms with E-state index in [0.29, 0.717) is 5.56 Å². The van der Waals surface area contributed by atoms with Gasteiger partial charge in [0, 0.05) is 12.5 Å². The van der Waals surface area contributed by atoms with Crippen LogP contribution in [0.2, 0.25) is 0 Å². The van der Waals surface area contributed by atoms with E-state index < -0.39 is 81.5 Å². The Morgan fingerprint density at radius 1 is 1.24 bits per heavy atom. The predicted octanol–water partition coefficient (Wildman–Crippen LogP) is -1.54. The molecular formula is C22H24FN3O7. The number of primary amides is 1. The van der Waals surface area contributed by atoms with E-state index in [2.05, 4.69) is 0 Å². The Hall–Kier alpha value is -3.02. The maximum atomic E-state index is 14.2. The number of Topliss-reactive ketones (excluding diaryl/α,β-unsaturated/α-hetero) is 4. The fourth-order valence-electron chi connectivity index (χ4n) is 5.89. The molecule has 6 N–H and O–H groups in total. The van der Waals surface area contributed by atoms with E-state index in [1.54, 1.807) is 0 Å². The molecule has 1 aromatic carbocycles. The van der Waals surface area contributed by atoms with Gasteiger partial charge < -0.3 is 21.7 Å². The minimum Gasteiger partial charge on any atom is -0.504 e. The van der Waals surface area contributed by atoms with Crippen molar-refractivity contribution in [1.82, 2.24) is 4.90 Å². The first-order valence-electron chi connectivity index (χ1n) is 10.5. The molecule has 0 radical (unpaired) electrons. The number of benzene rings is 1. The van der Waals surface area contributed by atoms with E-state index in [1.165, 1.54) is 19.0 Å². The Balaban J connectivity index is 1.90. The van der Waals surface area contributed by atoms with E-state index in [1.807, 2.05) is 0 Å². The Bertz CT molecular complexity index is 1130. The van der Waals surface area contributed by atoms with E-state index in [4.69, 9.17) is 11.5 Å². The fourth-order valence-corrected chi connectivity index (χ4v) is 5.89. The molecule has 2 saturated carbocycles. The van der Waals surface area contributed by atoms with Crippen LogP contribution in [0.25, 0.3) is 0 Å². The van der Waals surface area contributed by atoms with Gasteiger partial charge in [-0.1, -0.05) is 0 Å². The standard InChI is InChI=1S/C22H24FN3O7/c1-26(2)15-10-4-7-3-9-8(6-24)5-11(23)16(27)13(9)17(28)12(7)19(30)22(10,33)20(31)14(18(15)29)21(25)32/h5,7,10,12,14-15,27,33H,3-4,6,24H2,1-2H3,(H2,25,32). The lowest BCUT2D eigenvalue weighted by Crippen LogP contribution is -2.74. The number of carbonyl (C=O) groups excluding carboxylic acids is 5. The highest BCUT2D eigenvalue weighted by Crippen LogP contribution is 2.51. The molecule has 33 heavy (non-hydrogen) atoms. The van der Waals surface area contributed by atoms with Gasteiger partial charge in [0.15, 0.2) is 46.2 Å². The largest absolute Gasteiger partial charge is 0.504 e. The lowest BCUT2D eigenvalue weighted by molar-refractivity contribution is -0.181. The van der Waals surface area contributed by atoms with Crippen LogP contribution >= 0.6 is 0 Å². The zero-order chi connectivity index (χ0) is 24.6. The van der Waals surface area contributed by atoms with Gasteiger partial charge in [-0.3, -0.25) is 28.9 Å². The third-order valence-corrected chi connectivity index (χ3v) is 7.33. The van der Waals surface area contributed by atoms with Gasteiger partial charge in [-0.25, -0.2) is 4.39 Å². The number of halogens is 1. The minimum absolute atomic E-state index is 0.0478. The maximum Gasteiger partial charge on any atom is 0.235 e. The van der Waals surface area contributed by atoms with Gasteiger partial charge in [0.05, 0.1) is 17.5 Å². The summed E-state index contributed by atoms with van der Waals surface area (Å²) in [5, 5.41) is 21.7. The highest BCUT2D eigenvalue weighted by molar-refractivity contribution is 6.32. The summed E-state index contributed by atoms with van der Waals surface area (Å²) in [6.07, 6.45) is -0.0295. The monoisotopic (exact) mass is 461 g/mol. The zero-order valence-electron chi connectivity index (χ0n) is 18.0. The van der Waals surface area contributed by atoms with E-state index in [0.717, 1.165) is 6.07 Å². The summed E-state index contributed by atoms with van der Waals surface area (Å²) < 4.78 is 14.2. The number of hydrogen-bond acceptors (Lipinski definition) is 9. The Morgan fingerprint density at radius 2 is 1.88 bits per heavy atom. The summed E-state index contributed by atoms with van der Waals surface area (Å²) in [7, 11) is 3.00. The lowest BCUT2D eigenvalue weighted by Gasteiger charge is -2.52. The number of phenolic OH excluding ortho intramolecular Hbond substituents is 1. The molecule has 176 valence electrons. The van der Waals surface area contributed by atoms with Crippen molar-refractivity contribution in [3.63, 3.8) is 0 Å². The highest BCUT2D eigenvalue weighted by Gasteiger charge is 2.69. The summed E-state index contributed by atoms with van der Waals surface area (Å²) >= 11 is 0. The minimum atomic E-state index is -2.81. The molecule has 4 rings (SSSR count). The molecule has 1 aromatic rings. The molecule has 0 heterocycles. The first kappa shape index (κ1) is 23.1. The van der Waals surface area contributed by atoms with Gasteiger partial charge in [0.2, 0.25) is 5.91 Å².